The topological polar surface area (TPSA) is 83.7 Å². The molecule has 0 aliphatic carbocycles. The van der Waals surface area contributed by atoms with Gasteiger partial charge in [0.15, 0.2) is 23.0 Å². The molecule has 3 heterocycles. The molecule has 1 aromatic carbocycles. The molecule has 1 unspecified atom stereocenters. The highest BCUT2D eigenvalue weighted by molar-refractivity contribution is 5.91. The number of hydrogen-bond donors (Lipinski definition) is 1. The van der Waals surface area contributed by atoms with Crippen LogP contribution in [-0.4, -0.2) is 54.2 Å². The number of pyridine rings is 1. The van der Waals surface area contributed by atoms with Crippen LogP contribution in [0.4, 0.5) is 16.3 Å². The van der Waals surface area contributed by atoms with Crippen LogP contribution in [0.1, 0.15) is 12.3 Å². The van der Waals surface area contributed by atoms with Crippen molar-refractivity contribution in [2.45, 2.75) is 19.4 Å². The van der Waals surface area contributed by atoms with Crippen molar-refractivity contribution < 1.29 is 13.9 Å². The molecule has 4 rings (SSSR count). The number of oxazole rings is 1. The third-order valence-electron chi connectivity index (χ3n) is 4.65. The molecule has 28 heavy (non-hydrogen) atoms. The normalized spacial score (nSPS) is 16.4. The van der Waals surface area contributed by atoms with E-state index in [1.54, 1.807) is 18.0 Å². The number of urea groups is 1. The number of aryl methyl sites for hydroxylation is 1. The lowest BCUT2D eigenvalue weighted by molar-refractivity contribution is 0.195. The lowest BCUT2D eigenvalue weighted by Crippen LogP contribution is -2.34. The number of nitrogens with zero attached hydrogens (tertiary/aromatic N) is 4. The second kappa shape index (κ2) is 7.38. The van der Waals surface area contributed by atoms with Crippen molar-refractivity contribution in [3.63, 3.8) is 0 Å². The maximum Gasteiger partial charge on any atom is 0.321 e. The Hall–Kier alpha value is -3.29. The first-order valence-electron chi connectivity index (χ1n) is 9.22. The van der Waals surface area contributed by atoms with Gasteiger partial charge in [0.1, 0.15) is 11.6 Å². The largest absolute Gasteiger partial charge is 0.485 e. The predicted molar refractivity (Wildman–Crippen MR) is 107 cm³/mol. The molecule has 8 heteroatoms. The SMILES string of the molecule is Cc1nc2cc(NC(=O)N3CCC(Oc4cccnc4N(C)C)C3)ccc2o1. The van der Waals surface area contributed by atoms with Crippen molar-refractivity contribution in [3.05, 3.63) is 42.4 Å². The lowest BCUT2D eigenvalue weighted by atomic mass is 10.3. The van der Waals surface area contributed by atoms with Crippen LogP contribution in [-0.2, 0) is 0 Å². The highest BCUT2D eigenvalue weighted by atomic mass is 16.5. The number of fused-ring (bicyclic) bond motifs is 1. The lowest BCUT2D eigenvalue weighted by Gasteiger charge is -2.20. The van der Waals surface area contributed by atoms with Crippen molar-refractivity contribution >= 4 is 28.6 Å². The number of amides is 2. The molecule has 0 spiro atoms. The van der Waals surface area contributed by atoms with E-state index < -0.39 is 0 Å². The predicted octanol–water partition coefficient (Wildman–Crippen LogP) is 3.28. The van der Waals surface area contributed by atoms with Gasteiger partial charge >= 0.3 is 6.03 Å². The monoisotopic (exact) mass is 381 g/mol. The van der Waals surface area contributed by atoms with Gasteiger partial charge in [0.25, 0.3) is 0 Å². The van der Waals surface area contributed by atoms with Gasteiger partial charge in [-0.25, -0.2) is 14.8 Å². The molecule has 2 aromatic heterocycles. The first-order valence-corrected chi connectivity index (χ1v) is 9.22. The van der Waals surface area contributed by atoms with E-state index in [0.29, 0.717) is 30.3 Å². The van der Waals surface area contributed by atoms with E-state index in [0.717, 1.165) is 23.5 Å². The van der Waals surface area contributed by atoms with E-state index in [1.807, 2.05) is 49.3 Å². The summed E-state index contributed by atoms with van der Waals surface area (Å²) < 4.78 is 11.6. The molecular weight excluding hydrogens is 358 g/mol. The van der Waals surface area contributed by atoms with Crippen LogP contribution in [0.5, 0.6) is 5.75 Å². The first kappa shape index (κ1) is 18.1. The smallest absolute Gasteiger partial charge is 0.321 e. The Labute approximate surface area is 163 Å². The van der Waals surface area contributed by atoms with Crippen LogP contribution >= 0.6 is 0 Å². The van der Waals surface area contributed by atoms with Gasteiger partial charge in [0, 0.05) is 45.9 Å². The van der Waals surface area contributed by atoms with Crippen LogP contribution in [0.3, 0.4) is 0 Å². The van der Waals surface area contributed by atoms with E-state index in [9.17, 15) is 4.79 Å². The highest BCUT2D eigenvalue weighted by Gasteiger charge is 2.28. The summed E-state index contributed by atoms with van der Waals surface area (Å²) in [6.45, 7) is 2.96. The fraction of sp³-hybridized carbons (Fsp3) is 0.350. The third kappa shape index (κ3) is 3.71. The van der Waals surface area contributed by atoms with Crippen LogP contribution in [0.25, 0.3) is 11.1 Å². The molecular formula is C20H23N5O3. The van der Waals surface area contributed by atoms with Gasteiger partial charge in [-0.15, -0.1) is 0 Å². The molecule has 1 aliphatic rings. The van der Waals surface area contributed by atoms with Crippen molar-refractivity contribution in [3.8, 4) is 5.75 Å². The van der Waals surface area contributed by atoms with Gasteiger partial charge in [-0.1, -0.05) is 0 Å². The fourth-order valence-corrected chi connectivity index (χ4v) is 3.32. The van der Waals surface area contributed by atoms with Crippen LogP contribution < -0.4 is 15.0 Å². The number of ether oxygens (including phenoxy) is 1. The Morgan fingerprint density at radius 1 is 1.36 bits per heavy atom. The summed E-state index contributed by atoms with van der Waals surface area (Å²) in [7, 11) is 3.85. The summed E-state index contributed by atoms with van der Waals surface area (Å²) in [4.78, 5) is 24.9. The van der Waals surface area contributed by atoms with E-state index in [-0.39, 0.29) is 12.1 Å². The van der Waals surface area contributed by atoms with Gasteiger partial charge in [-0.05, 0) is 30.3 Å². The van der Waals surface area contributed by atoms with E-state index in [4.69, 9.17) is 9.15 Å². The number of carbonyl (C=O) groups excluding carboxylic acids is 1. The Balaban J connectivity index is 1.38. The zero-order chi connectivity index (χ0) is 19.7. The average Bonchev–Trinajstić information content (AvgIpc) is 3.27. The highest BCUT2D eigenvalue weighted by Crippen LogP contribution is 2.27. The fourth-order valence-electron chi connectivity index (χ4n) is 3.32. The Morgan fingerprint density at radius 3 is 3.04 bits per heavy atom. The molecule has 2 amide bonds. The van der Waals surface area contributed by atoms with Crippen LogP contribution in [0.15, 0.2) is 40.9 Å². The summed E-state index contributed by atoms with van der Waals surface area (Å²) >= 11 is 0. The Kier molecular flexibility index (Phi) is 4.77. The molecule has 3 aromatic rings. The number of hydrogen-bond acceptors (Lipinski definition) is 6. The minimum absolute atomic E-state index is 0.0608. The van der Waals surface area contributed by atoms with Crippen LogP contribution in [0.2, 0.25) is 0 Å². The second-order valence-electron chi connectivity index (χ2n) is 7.04. The summed E-state index contributed by atoms with van der Waals surface area (Å²) in [5.74, 6) is 2.11. The van der Waals surface area contributed by atoms with Gasteiger partial charge in [0.2, 0.25) is 0 Å². The number of nitrogens with one attached hydrogen (secondary N) is 1. The molecule has 146 valence electrons. The van der Waals surface area contributed by atoms with E-state index in [1.165, 1.54) is 0 Å². The van der Waals surface area contributed by atoms with Gasteiger partial charge in [-0.3, -0.25) is 0 Å². The Morgan fingerprint density at radius 2 is 2.21 bits per heavy atom. The quantitative estimate of drug-likeness (QED) is 0.747. The van der Waals surface area contributed by atoms with Crippen molar-refractivity contribution in [2.75, 3.05) is 37.4 Å². The van der Waals surface area contributed by atoms with Gasteiger partial charge in [0.05, 0.1) is 6.54 Å². The number of likely N-dealkylation sites (tertiary alicyclic amines) is 1. The Bertz CT molecular complexity index is 1000. The zero-order valence-corrected chi connectivity index (χ0v) is 16.2. The molecule has 1 fully saturated rings. The van der Waals surface area contributed by atoms with E-state index >= 15 is 0 Å². The molecule has 1 saturated heterocycles. The number of anilines is 2. The minimum atomic E-state index is -0.148. The molecule has 0 bridgehead atoms. The average molecular weight is 381 g/mol. The van der Waals surface area contributed by atoms with Crippen molar-refractivity contribution in [2.24, 2.45) is 0 Å². The second-order valence-corrected chi connectivity index (χ2v) is 7.04. The van der Waals surface area contributed by atoms with E-state index in [2.05, 4.69) is 15.3 Å². The van der Waals surface area contributed by atoms with Crippen LogP contribution in [0, 0.1) is 6.92 Å². The third-order valence-corrected chi connectivity index (χ3v) is 4.65. The standard InChI is InChI=1S/C20H23N5O3/c1-13-22-16-11-14(6-7-17(16)27-13)23-20(26)25-10-8-15(12-25)28-18-5-4-9-21-19(18)24(2)3/h4-7,9,11,15H,8,10,12H2,1-3H3,(H,23,26). The number of rotatable bonds is 4. The van der Waals surface area contributed by atoms with Crippen molar-refractivity contribution in [1.82, 2.24) is 14.9 Å². The molecule has 0 radical (unpaired) electrons. The minimum Gasteiger partial charge on any atom is -0.485 e. The zero-order valence-electron chi connectivity index (χ0n) is 16.2. The molecule has 1 N–H and O–H groups in total. The molecule has 0 saturated carbocycles. The first-order chi connectivity index (χ1) is 13.5. The molecule has 1 aliphatic heterocycles. The summed E-state index contributed by atoms with van der Waals surface area (Å²) in [6, 6.07) is 9.04. The summed E-state index contributed by atoms with van der Waals surface area (Å²) in [6.07, 6.45) is 2.45. The number of benzene rings is 1. The maximum absolute atomic E-state index is 12.6. The molecule has 8 nitrogen and oxygen atoms in total. The van der Waals surface area contributed by atoms with Gasteiger partial charge in [-0.2, -0.15) is 0 Å². The number of carbonyl (C=O) groups is 1. The molecule has 1 atom stereocenters. The van der Waals surface area contributed by atoms with Crippen molar-refractivity contribution in [1.29, 1.82) is 0 Å². The summed E-state index contributed by atoms with van der Waals surface area (Å²) in [5, 5.41) is 2.93. The maximum atomic E-state index is 12.6. The summed E-state index contributed by atoms with van der Waals surface area (Å²) in [5.41, 5.74) is 2.13. The number of aromatic nitrogens is 2. The van der Waals surface area contributed by atoms with Gasteiger partial charge < -0.3 is 24.3 Å².